The van der Waals surface area contributed by atoms with Gasteiger partial charge in [0.25, 0.3) is 11.7 Å². The maximum atomic E-state index is 13.5. The van der Waals surface area contributed by atoms with E-state index >= 15 is 0 Å². The lowest BCUT2D eigenvalue weighted by Gasteiger charge is -2.27. The Labute approximate surface area is 225 Å². The molecule has 5 rings (SSSR count). The van der Waals surface area contributed by atoms with Crippen LogP contribution in [-0.4, -0.2) is 72.3 Å². The van der Waals surface area contributed by atoms with Crippen molar-refractivity contribution in [1.29, 1.82) is 0 Å². The third-order valence-corrected chi connectivity index (χ3v) is 6.73. The van der Waals surface area contributed by atoms with Gasteiger partial charge in [0.05, 0.1) is 39.3 Å². The normalized spacial score (nSPS) is 17.8. The first-order chi connectivity index (χ1) is 19.0. The van der Waals surface area contributed by atoms with Crippen LogP contribution in [0.15, 0.2) is 54.6 Å². The minimum Gasteiger partial charge on any atom is -0.507 e. The van der Waals surface area contributed by atoms with Gasteiger partial charge in [-0.25, -0.2) is 4.98 Å². The van der Waals surface area contributed by atoms with Crippen LogP contribution in [0.3, 0.4) is 0 Å². The van der Waals surface area contributed by atoms with Crippen molar-refractivity contribution in [3.63, 3.8) is 0 Å². The van der Waals surface area contributed by atoms with Crippen molar-refractivity contribution >= 4 is 17.4 Å². The van der Waals surface area contributed by atoms with Gasteiger partial charge >= 0.3 is 0 Å². The average molecular weight is 536 g/mol. The second-order valence-corrected chi connectivity index (χ2v) is 8.96. The Balaban J connectivity index is 1.61. The number of hydrogen-bond donors (Lipinski definition) is 1. The number of hydrogen-bond acceptors (Lipinski definition) is 9. The van der Waals surface area contributed by atoms with Crippen LogP contribution in [0.2, 0.25) is 0 Å². The van der Waals surface area contributed by atoms with E-state index < -0.39 is 17.7 Å². The number of likely N-dealkylation sites (tertiary alicyclic amines) is 1. The quantitative estimate of drug-likeness (QED) is 0.250. The number of carbonyl (C=O) groups is 2. The number of aromatic nitrogens is 2. The molecule has 39 heavy (non-hydrogen) atoms. The molecule has 0 spiro atoms. The second-order valence-electron chi connectivity index (χ2n) is 8.96. The van der Waals surface area contributed by atoms with Crippen molar-refractivity contribution in [1.82, 2.24) is 14.5 Å². The van der Waals surface area contributed by atoms with Crippen molar-refractivity contribution in [2.24, 2.45) is 0 Å². The van der Waals surface area contributed by atoms with E-state index in [1.165, 1.54) is 26.2 Å². The Bertz CT molecular complexity index is 1390. The fraction of sp³-hybridized carbons (Fsp3) is 0.321. The van der Waals surface area contributed by atoms with Crippen LogP contribution in [0.5, 0.6) is 28.7 Å². The summed E-state index contributed by atoms with van der Waals surface area (Å²) < 4.78 is 29.6. The van der Waals surface area contributed by atoms with E-state index in [0.29, 0.717) is 66.1 Å². The molecule has 1 amide bonds. The number of Topliss-reactive ketones (excluding diaryl/α,β-unsaturated/α-hetero) is 1. The van der Waals surface area contributed by atoms with E-state index in [1.54, 1.807) is 42.9 Å². The van der Waals surface area contributed by atoms with Crippen LogP contribution >= 0.6 is 0 Å². The first-order valence-corrected chi connectivity index (χ1v) is 12.4. The molecule has 1 N–H and O–H groups in total. The molecule has 2 aromatic carbocycles. The number of ether oxygens (including phenoxy) is 5. The van der Waals surface area contributed by atoms with E-state index in [-0.39, 0.29) is 17.9 Å². The molecule has 0 radical (unpaired) electrons. The molecule has 0 unspecified atom stereocenters. The predicted molar refractivity (Wildman–Crippen MR) is 139 cm³/mol. The van der Waals surface area contributed by atoms with E-state index in [9.17, 15) is 14.7 Å². The van der Waals surface area contributed by atoms with Gasteiger partial charge in [0.15, 0.2) is 23.0 Å². The summed E-state index contributed by atoms with van der Waals surface area (Å²) in [5.74, 6) is 0.254. The lowest BCUT2D eigenvalue weighted by molar-refractivity contribution is -0.139. The number of amides is 1. The lowest BCUT2D eigenvalue weighted by atomic mass is 9.94. The number of nitrogens with zero attached hydrogens (tertiary/aromatic N) is 3. The van der Waals surface area contributed by atoms with E-state index in [0.717, 1.165) is 0 Å². The number of ketones is 1. The highest BCUT2D eigenvalue weighted by atomic mass is 16.6. The number of benzene rings is 2. The Morgan fingerprint density at radius 1 is 1.00 bits per heavy atom. The molecular formula is C28H29N3O8. The fourth-order valence-electron chi connectivity index (χ4n) is 4.91. The van der Waals surface area contributed by atoms with Gasteiger partial charge in [0, 0.05) is 31.0 Å². The summed E-state index contributed by atoms with van der Waals surface area (Å²) in [5.41, 5.74) is 0.798. The number of aliphatic hydroxyl groups is 1. The van der Waals surface area contributed by atoms with Gasteiger partial charge in [0.2, 0.25) is 5.75 Å². The molecule has 1 fully saturated rings. The molecule has 2 aliphatic rings. The fourth-order valence-corrected chi connectivity index (χ4v) is 4.91. The number of rotatable bonds is 9. The topological polar surface area (TPSA) is 122 Å². The monoisotopic (exact) mass is 535 g/mol. The molecule has 3 heterocycles. The maximum Gasteiger partial charge on any atom is 0.295 e. The molecule has 204 valence electrons. The first kappa shape index (κ1) is 26.0. The van der Waals surface area contributed by atoms with Crippen LogP contribution in [0.25, 0.3) is 5.76 Å². The Kier molecular flexibility index (Phi) is 7.31. The van der Waals surface area contributed by atoms with Crippen LogP contribution in [0, 0.1) is 0 Å². The summed E-state index contributed by atoms with van der Waals surface area (Å²) >= 11 is 0. The number of aryl methyl sites for hydroxylation is 1. The van der Waals surface area contributed by atoms with E-state index in [2.05, 4.69) is 4.98 Å². The second kappa shape index (κ2) is 11.0. The molecule has 11 nitrogen and oxygen atoms in total. The summed E-state index contributed by atoms with van der Waals surface area (Å²) in [5, 5.41) is 11.5. The largest absolute Gasteiger partial charge is 0.507 e. The molecule has 0 bridgehead atoms. The molecule has 3 aromatic rings. The zero-order valence-electron chi connectivity index (χ0n) is 21.9. The van der Waals surface area contributed by atoms with Gasteiger partial charge in [-0.1, -0.05) is 0 Å². The van der Waals surface area contributed by atoms with Gasteiger partial charge in [-0.05, 0) is 42.3 Å². The van der Waals surface area contributed by atoms with Crippen LogP contribution in [-0.2, 0) is 16.1 Å². The molecule has 0 aliphatic carbocycles. The molecule has 1 aromatic heterocycles. The number of aliphatic hydroxyl groups excluding tert-OH is 1. The van der Waals surface area contributed by atoms with Crippen molar-refractivity contribution in [3.05, 3.63) is 65.8 Å². The van der Waals surface area contributed by atoms with Crippen molar-refractivity contribution in [3.8, 4) is 28.7 Å². The Hall–Kier alpha value is -4.67. The van der Waals surface area contributed by atoms with Gasteiger partial charge in [-0.15, -0.1) is 0 Å². The maximum absolute atomic E-state index is 13.5. The number of carbonyl (C=O) groups excluding carboxylic acids is 2. The SMILES string of the molecule is COc1cc([C@H]2/C(=C(\O)c3ccc4c(c3)OCCO4)C(=O)C(=O)N2CCCn2ccnc2)cc(OC)c1OC. The van der Waals surface area contributed by atoms with Crippen LogP contribution in [0.1, 0.15) is 23.6 Å². The molecule has 0 saturated carbocycles. The third kappa shape index (κ3) is 4.83. The number of methoxy groups -OCH3 is 3. The number of fused-ring (bicyclic) bond motifs is 1. The highest BCUT2D eigenvalue weighted by Crippen LogP contribution is 2.46. The molecule has 1 atom stereocenters. The van der Waals surface area contributed by atoms with Gasteiger partial charge in [0.1, 0.15) is 19.0 Å². The highest BCUT2D eigenvalue weighted by molar-refractivity contribution is 6.46. The molecule has 11 heteroatoms. The minimum absolute atomic E-state index is 0.0476. The minimum atomic E-state index is -0.908. The first-order valence-electron chi connectivity index (χ1n) is 12.4. The van der Waals surface area contributed by atoms with Crippen LogP contribution in [0.4, 0.5) is 0 Å². The van der Waals surface area contributed by atoms with E-state index in [1.807, 2.05) is 10.8 Å². The van der Waals surface area contributed by atoms with Gasteiger partial charge < -0.3 is 38.3 Å². The average Bonchev–Trinajstić information content (AvgIpc) is 3.58. The summed E-state index contributed by atoms with van der Waals surface area (Å²) in [6.07, 6.45) is 5.74. The van der Waals surface area contributed by atoms with Gasteiger partial charge in [-0.2, -0.15) is 0 Å². The summed E-state index contributed by atoms with van der Waals surface area (Å²) in [4.78, 5) is 32.3. The van der Waals surface area contributed by atoms with Crippen molar-refractivity contribution < 1.29 is 38.4 Å². The molecule has 1 saturated heterocycles. The smallest absolute Gasteiger partial charge is 0.295 e. The summed E-state index contributed by atoms with van der Waals surface area (Å²) in [6.45, 7) is 1.63. The zero-order valence-corrected chi connectivity index (χ0v) is 21.9. The standard InChI is InChI=1S/C28H29N3O8/c1-35-21-14-18(15-22(36-2)27(21)37-3)24-23(25(32)17-5-6-19-20(13-17)39-12-11-38-19)26(33)28(34)31(24)9-4-8-30-10-7-29-16-30/h5-7,10,13-16,24,32H,4,8-9,11-12H2,1-3H3/b25-23+/t24-/m0/s1. The predicted octanol–water partition coefficient (Wildman–Crippen LogP) is 3.19. The lowest BCUT2D eigenvalue weighted by Crippen LogP contribution is -2.31. The van der Waals surface area contributed by atoms with Gasteiger partial charge in [-0.3, -0.25) is 9.59 Å². The third-order valence-electron chi connectivity index (χ3n) is 6.73. The molecule has 2 aliphatic heterocycles. The number of imidazole rings is 1. The Morgan fingerprint density at radius 2 is 1.72 bits per heavy atom. The van der Waals surface area contributed by atoms with Crippen LogP contribution < -0.4 is 23.7 Å². The highest BCUT2D eigenvalue weighted by Gasteiger charge is 2.46. The molecular weight excluding hydrogens is 506 g/mol. The summed E-state index contributed by atoms with van der Waals surface area (Å²) in [7, 11) is 4.46. The zero-order chi connectivity index (χ0) is 27.5. The summed E-state index contributed by atoms with van der Waals surface area (Å²) in [6, 6.07) is 7.34. The van der Waals surface area contributed by atoms with E-state index in [4.69, 9.17) is 23.7 Å². The Morgan fingerprint density at radius 3 is 2.36 bits per heavy atom. The van der Waals surface area contributed by atoms with Crippen molar-refractivity contribution in [2.45, 2.75) is 19.0 Å². The van der Waals surface area contributed by atoms with Crippen molar-refractivity contribution in [2.75, 3.05) is 41.1 Å².